The van der Waals surface area contributed by atoms with Gasteiger partial charge in [0.1, 0.15) is 0 Å². The number of anilines is 1. The largest absolute Gasteiger partial charge is 0.352 e. The second kappa shape index (κ2) is 10.6. The molecule has 1 saturated heterocycles. The maximum atomic E-state index is 12.5. The SMILES string of the molecule is Cc1ccc(CNc2nc(C=N)c(CCCCCC3CCNC3)c(=O)[nH]2)cc1Cl. The number of aryl methyl sites for hydroxylation is 1. The summed E-state index contributed by atoms with van der Waals surface area (Å²) in [5.74, 6) is 1.19. The zero-order valence-corrected chi connectivity index (χ0v) is 17.7. The van der Waals surface area contributed by atoms with Gasteiger partial charge in [0.05, 0.1) is 5.69 Å². The van der Waals surface area contributed by atoms with Gasteiger partial charge in [-0.3, -0.25) is 9.78 Å². The first-order chi connectivity index (χ1) is 14.1. The first-order valence-electron chi connectivity index (χ1n) is 10.4. The molecule has 1 fully saturated rings. The van der Waals surface area contributed by atoms with Crippen molar-refractivity contribution in [3.63, 3.8) is 0 Å². The molecule has 0 bridgehead atoms. The lowest BCUT2D eigenvalue weighted by atomic mass is 9.99. The van der Waals surface area contributed by atoms with Gasteiger partial charge in [0.15, 0.2) is 0 Å². The van der Waals surface area contributed by atoms with Crippen LogP contribution < -0.4 is 16.2 Å². The van der Waals surface area contributed by atoms with E-state index in [1.165, 1.54) is 25.5 Å². The summed E-state index contributed by atoms with van der Waals surface area (Å²) in [6, 6.07) is 5.85. The first kappa shape index (κ1) is 21.5. The van der Waals surface area contributed by atoms with Crippen LogP contribution in [-0.4, -0.2) is 29.3 Å². The van der Waals surface area contributed by atoms with Gasteiger partial charge >= 0.3 is 0 Å². The third-order valence-electron chi connectivity index (χ3n) is 5.58. The molecule has 1 aromatic carbocycles. The Bertz CT molecular complexity index is 889. The standard InChI is InChI=1S/C22H30ClN5O/c1-15-7-8-17(11-19(15)23)14-26-22-27-20(12-24)18(21(29)28-22)6-4-2-3-5-16-9-10-25-13-16/h7-8,11-12,16,24-25H,2-6,9-10,13-14H2,1H3,(H2,26,27,28,29). The highest BCUT2D eigenvalue weighted by molar-refractivity contribution is 6.31. The molecule has 6 nitrogen and oxygen atoms in total. The highest BCUT2D eigenvalue weighted by Crippen LogP contribution is 2.18. The number of aromatic amines is 1. The number of rotatable bonds is 10. The number of halogens is 1. The van der Waals surface area contributed by atoms with E-state index in [1.807, 2.05) is 25.1 Å². The average Bonchev–Trinajstić information content (AvgIpc) is 3.23. The van der Waals surface area contributed by atoms with Crippen molar-refractivity contribution in [1.29, 1.82) is 5.41 Å². The Kier molecular flexibility index (Phi) is 7.83. The van der Waals surface area contributed by atoms with E-state index >= 15 is 0 Å². The lowest BCUT2D eigenvalue weighted by Gasteiger charge is -2.10. The summed E-state index contributed by atoms with van der Waals surface area (Å²) in [6.45, 7) is 4.74. The minimum Gasteiger partial charge on any atom is -0.352 e. The van der Waals surface area contributed by atoms with Crippen LogP contribution in [0.5, 0.6) is 0 Å². The van der Waals surface area contributed by atoms with Crippen molar-refractivity contribution in [2.75, 3.05) is 18.4 Å². The molecule has 7 heteroatoms. The number of unbranched alkanes of at least 4 members (excludes halogenated alkanes) is 2. The zero-order chi connectivity index (χ0) is 20.6. The minimum absolute atomic E-state index is 0.164. The van der Waals surface area contributed by atoms with Crippen molar-refractivity contribution >= 4 is 23.8 Å². The number of benzene rings is 1. The molecule has 1 atom stereocenters. The topological polar surface area (TPSA) is 93.7 Å². The Hall–Kier alpha value is -2.18. The zero-order valence-electron chi connectivity index (χ0n) is 17.0. The monoisotopic (exact) mass is 415 g/mol. The van der Waals surface area contributed by atoms with Crippen molar-refractivity contribution < 1.29 is 0 Å². The van der Waals surface area contributed by atoms with Gasteiger partial charge in [-0.05, 0) is 68.8 Å². The fourth-order valence-corrected chi connectivity index (χ4v) is 3.97. The van der Waals surface area contributed by atoms with Crippen LogP contribution >= 0.6 is 11.6 Å². The summed E-state index contributed by atoms with van der Waals surface area (Å²) < 4.78 is 0. The van der Waals surface area contributed by atoms with Crippen molar-refractivity contribution in [2.45, 2.75) is 52.0 Å². The molecule has 2 heterocycles. The molecule has 1 aromatic heterocycles. The van der Waals surface area contributed by atoms with Crippen molar-refractivity contribution in [3.05, 3.63) is 56.0 Å². The maximum Gasteiger partial charge on any atom is 0.256 e. The summed E-state index contributed by atoms with van der Waals surface area (Å²) in [6.07, 6.45) is 7.60. The molecule has 4 N–H and O–H groups in total. The van der Waals surface area contributed by atoms with E-state index in [0.717, 1.165) is 43.0 Å². The molecule has 0 aliphatic carbocycles. The molecule has 0 spiro atoms. The maximum absolute atomic E-state index is 12.5. The van der Waals surface area contributed by atoms with Gasteiger partial charge < -0.3 is 16.0 Å². The number of nitrogens with one attached hydrogen (secondary N) is 4. The third kappa shape index (κ3) is 6.15. The average molecular weight is 416 g/mol. The third-order valence-corrected chi connectivity index (χ3v) is 5.99. The molecular formula is C22H30ClN5O. The van der Waals surface area contributed by atoms with Gasteiger partial charge in [0, 0.05) is 23.3 Å². The molecule has 156 valence electrons. The van der Waals surface area contributed by atoms with Crippen LogP contribution in [0.1, 0.15) is 54.5 Å². The van der Waals surface area contributed by atoms with Gasteiger partial charge in [0.25, 0.3) is 5.56 Å². The van der Waals surface area contributed by atoms with Gasteiger partial charge in [-0.15, -0.1) is 0 Å². The fourth-order valence-electron chi connectivity index (χ4n) is 3.76. The molecule has 29 heavy (non-hydrogen) atoms. The number of H-pyrrole nitrogens is 1. The summed E-state index contributed by atoms with van der Waals surface area (Å²) in [7, 11) is 0. The summed E-state index contributed by atoms with van der Waals surface area (Å²) in [4.78, 5) is 19.8. The lowest BCUT2D eigenvalue weighted by molar-refractivity contribution is 0.490. The molecule has 0 radical (unpaired) electrons. The number of hydrogen-bond donors (Lipinski definition) is 4. The number of hydrogen-bond acceptors (Lipinski definition) is 5. The normalized spacial score (nSPS) is 16.1. The van der Waals surface area contributed by atoms with Gasteiger partial charge in [-0.2, -0.15) is 0 Å². The predicted molar refractivity (Wildman–Crippen MR) is 119 cm³/mol. The van der Waals surface area contributed by atoms with Crippen LogP contribution in [0.2, 0.25) is 5.02 Å². The second-order valence-electron chi connectivity index (χ2n) is 7.82. The Morgan fingerprint density at radius 2 is 2.21 bits per heavy atom. The van der Waals surface area contributed by atoms with Gasteiger partial charge in [-0.25, -0.2) is 4.98 Å². The van der Waals surface area contributed by atoms with Crippen molar-refractivity contribution in [1.82, 2.24) is 15.3 Å². The summed E-state index contributed by atoms with van der Waals surface area (Å²) in [5, 5.41) is 14.9. The predicted octanol–water partition coefficient (Wildman–Crippen LogP) is 4.05. The van der Waals surface area contributed by atoms with Crippen LogP contribution in [0, 0.1) is 18.3 Å². The van der Waals surface area contributed by atoms with Crippen LogP contribution in [0.4, 0.5) is 5.95 Å². The summed E-state index contributed by atoms with van der Waals surface area (Å²) in [5.41, 5.74) is 2.91. The second-order valence-corrected chi connectivity index (χ2v) is 8.23. The Morgan fingerprint density at radius 3 is 2.93 bits per heavy atom. The molecule has 3 rings (SSSR count). The van der Waals surface area contributed by atoms with E-state index < -0.39 is 0 Å². The molecular weight excluding hydrogens is 386 g/mol. The van der Waals surface area contributed by atoms with Gasteiger partial charge in [-0.1, -0.05) is 36.6 Å². The van der Waals surface area contributed by atoms with Crippen molar-refractivity contribution in [3.8, 4) is 0 Å². The van der Waals surface area contributed by atoms with E-state index in [1.54, 1.807) is 0 Å². The van der Waals surface area contributed by atoms with Crippen LogP contribution in [0.25, 0.3) is 0 Å². The highest BCUT2D eigenvalue weighted by Gasteiger charge is 2.14. The summed E-state index contributed by atoms with van der Waals surface area (Å²) >= 11 is 6.16. The smallest absolute Gasteiger partial charge is 0.256 e. The van der Waals surface area contributed by atoms with Gasteiger partial charge in [0.2, 0.25) is 5.95 Å². The van der Waals surface area contributed by atoms with Crippen LogP contribution in [0.3, 0.4) is 0 Å². The Labute approximate surface area is 177 Å². The van der Waals surface area contributed by atoms with E-state index in [4.69, 9.17) is 17.0 Å². The van der Waals surface area contributed by atoms with E-state index in [0.29, 0.717) is 35.2 Å². The van der Waals surface area contributed by atoms with E-state index in [9.17, 15) is 4.79 Å². The van der Waals surface area contributed by atoms with E-state index in [-0.39, 0.29) is 5.56 Å². The van der Waals surface area contributed by atoms with Crippen molar-refractivity contribution in [2.24, 2.45) is 5.92 Å². The Morgan fingerprint density at radius 1 is 1.34 bits per heavy atom. The highest BCUT2D eigenvalue weighted by atomic mass is 35.5. The number of nitrogens with zero attached hydrogens (tertiary/aromatic N) is 1. The minimum atomic E-state index is -0.164. The van der Waals surface area contributed by atoms with E-state index in [2.05, 4.69) is 20.6 Å². The molecule has 0 saturated carbocycles. The lowest BCUT2D eigenvalue weighted by Crippen LogP contribution is -2.20. The first-order valence-corrected chi connectivity index (χ1v) is 10.8. The molecule has 1 aliphatic heterocycles. The molecule has 2 aromatic rings. The fraction of sp³-hybridized carbons (Fsp3) is 0.500. The van der Waals surface area contributed by atoms with Crippen LogP contribution in [-0.2, 0) is 13.0 Å². The molecule has 1 aliphatic rings. The quantitative estimate of drug-likeness (QED) is 0.348. The van der Waals surface area contributed by atoms with Crippen LogP contribution in [0.15, 0.2) is 23.0 Å². The molecule has 1 unspecified atom stereocenters. The molecule has 0 amide bonds. The Balaban J connectivity index is 1.54. The number of aromatic nitrogens is 2.